The molecule has 3 rings (SSSR count). The molecule has 4 nitrogen and oxygen atoms in total. The van der Waals surface area contributed by atoms with E-state index in [1.807, 2.05) is 54.6 Å². The molecule has 0 radical (unpaired) electrons. The Bertz CT molecular complexity index is 779. The second-order valence-corrected chi connectivity index (χ2v) is 7.24. The quantitative estimate of drug-likeness (QED) is 0.782. The van der Waals surface area contributed by atoms with Crippen molar-refractivity contribution in [1.29, 1.82) is 0 Å². The van der Waals surface area contributed by atoms with Crippen molar-refractivity contribution in [3.63, 3.8) is 0 Å². The molecule has 2 aromatic rings. The average Bonchev–Trinajstić information content (AvgIpc) is 3.01. The summed E-state index contributed by atoms with van der Waals surface area (Å²) in [5, 5.41) is 0.700. The van der Waals surface area contributed by atoms with Gasteiger partial charge in [0, 0.05) is 38.1 Å². The SMILES string of the molecule is CN(Cc1ccccc1)C(=O)C1CC(=O)N(CCc2cccc(Cl)c2)C1. The zero-order valence-electron chi connectivity index (χ0n) is 14.9. The molecule has 1 unspecified atom stereocenters. The predicted molar refractivity (Wildman–Crippen MR) is 103 cm³/mol. The van der Waals surface area contributed by atoms with Crippen molar-refractivity contribution >= 4 is 23.4 Å². The van der Waals surface area contributed by atoms with E-state index in [2.05, 4.69) is 0 Å². The van der Waals surface area contributed by atoms with Gasteiger partial charge in [-0.3, -0.25) is 9.59 Å². The van der Waals surface area contributed by atoms with Crippen molar-refractivity contribution in [1.82, 2.24) is 9.80 Å². The Balaban J connectivity index is 1.54. The highest BCUT2D eigenvalue weighted by molar-refractivity contribution is 6.30. The lowest BCUT2D eigenvalue weighted by Crippen LogP contribution is -2.34. The summed E-state index contributed by atoms with van der Waals surface area (Å²) in [7, 11) is 1.80. The molecule has 5 heteroatoms. The van der Waals surface area contributed by atoms with Gasteiger partial charge in [0.05, 0.1) is 5.92 Å². The van der Waals surface area contributed by atoms with E-state index in [9.17, 15) is 9.59 Å². The Morgan fingerprint density at radius 3 is 2.62 bits per heavy atom. The van der Waals surface area contributed by atoms with E-state index >= 15 is 0 Å². The molecule has 2 amide bonds. The maximum Gasteiger partial charge on any atom is 0.228 e. The molecular formula is C21H23ClN2O2. The first-order valence-corrected chi connectivity index (χ1v) is 9.22. The largest absolute Gasteiger partial charge is 0.342 e. The molecule has 1 saturated heterocycles. The fraction of sp³-hybridized carbons (Fsp3) is 0.333. The molecule has 26 heavy (non-hydrogen) atoms. The number of carbonyl (C=O) groups excluding carboxylic acids is 2. The Morgan fingerprint density at radius 2 is 1.88 bits per heavy atom. The Morgan fingerprint density at radius 1 is 1.15 bits per heavy atom. The molecule has 1 aliphatic heterocycles. The van der Waals surface area contributed by atoms with Gasteiger partial charge in [-0.05, 0) is 29.7 Å². The van der Waals surface area contributed by atoms with Gasteiger partial charge in [-0.25, -0.2) is 0 Å². The van der Waals surface area contributed by atoms with Gasteiger partial charge in [0.25, 0.3) is 0 Å². The van der Waals surface area contributed by atoms with Crippen molar-refractivity contribution in [2.45, 2.75) is 19.4 Å². The maximum absolute atomic E-state index is 12.7. The minimum absolute atomic E-state index is 0.0347. The molecule has 0 aliphatic carbocycles. The first kappa shape index (κ1) is 18.5. The topological polar surface area (TPSA) is 40.6 Å². The number of rotatable bonds is 6. The lowest BCUT2D eigenvalue weighted by molar-refractivity contribution is -0.135. The summed E-state index contributed by atoms with van der Waals surface area (Å²) in [5.41, 5.74) is 2.19. The Labute approximate surface area is 159 Å². The molecule has 136 valence electrons. The lowest BCUT2D eigenvalue weighted by Gasteiger charge is -2.21. The van der Waals surface area contributed by atoms with E-state index in [1.54, 1.807) is 16.8 Å². The van der Waals surface area contributed by atoms with Crippen LogP contribution in [-0.2, 0) is 22.6 Å². The van der Waals surface area contributed by atoms with Crippen molar-refractivity contribution in [3.8, 4) is 0 Å². The number of benzene rings is 2. The summed E-state index contributed by atoms with van der Waals surface area (Å²) >= 11 is 6.00. The summed E-state index contributed by atoms with van der Waals surface area (Å²) in [6.07, 6.45) is 1.04. The van der Waals surface area contributed by atoms with E-state index in [0.29, 0.717) is 31.1 Å². The summed E-state index contributed by atoms with van der Waals surface area (Å²) < 4.78 is 0. The second-order valence-electron chi connectivity index (χ2n) is 6.80. The third-order valence-electron chi connectivity index (χ3n) is 4.76. The molecular weight excluding hydrogens is 348 g/mol. The zero-order valence-corrected chi connectivity index (χ0v) is 15.7. The van der Waals surface area contributed by atoms with E-state index in [0.717, 1.165) is 17.5 Å². The smallest absolute Gasteiger partial charge is 0.228 e. The van der Waals surface area contributed by atoms with Gasteiger partial charge in [-0.2, -0.15) is 0 Å². The van der Waals surface area contributed by atoms with Crippen LogP contribution in [-0.4, -0.2) is 41.8 Å². The molecule has 2 aromatic carbocycles. The number of amides is 2. The van der Waals surface area contributed by atoms with Gasteiger partial charge in [0.15, 0.2) is 0 Å². The molecule has 0 aromatic heterocycles. The zero-order chi connectivity index (χ0) is 18.5. The lowest BCUT2D eigenvalue weighted by atomic mass is 10.1. The summed E-state index contributed by atoms with van der Waals surface area (Å²) in [5.74, 6) is -0.165. The molecule has 0 spiro atoms. The van der Waals surface area contributed by atoms with E-state index in [-0.39, 0.29) is 17.7 Å². The molecule has 1 heterocycles. The molecule has 1 fully saturated rings. The minimum Gasteiger partial charge on any atom is -0.342 e. The number of likely N-dealkylation sites (tertiary alicyclic amines) is 1. The molecule has 0 saturated carbocycles. The Kier molecular flexibility index (Phi) is 5.94. The predicted octanol–water partition coefficient (Wildman–Crippen LogP) is 3.39. The van der Waals surface area contributed by atoms with Crippen molar-refractivity contribution in [2.24, 2.45) is 5.92 Å². The van der Waals surface area contributed by atoms with Gasteiger partial charge in [-0.1, -0.05) is 54.1 Å². The number of nitrogens with zero attached hydrogens (tertiary/aromatic N) is 2. The van der Waals surface area contributed by atoms with Crippen molar-refractivity contribution < 1.29 is 9.59 Å². The van der Waals surface area contributed by atoms with Crippen molar-refractivity contribution in [2.75, 3.05) is 20.1 Å². The van der Waals surface area contributed by atoms with Crippen LogP contribution in [0.15, 0.2) is 54.6 Å². The van der Waals surface area contributed by atoms with E-state index in [4.69, 9.17) is 11.6 Å². The first-order chi connectivity index (χ1) is 12.5. The van der Waals surface area contributed by atoms with E-state index in [1.165, 1.54) is 0 Å². The van der Waals surface area contributed by atoms with Crippen molar-refractivity contribution in [3.05, 3.63) is 70.7 Å². The monoisotopic (exact) mass is 370 g/mol. The van der Waals surface area contributed by atoms with Gasteiger partial charge in [-0.15, -0.1) is 0 Å². The second kappa shape index (κ2) is 8.37. The fourth-order valence-electron chi connectivity index (χ4n) is 3.36. The molecule has 1 aliphatic rings. The maximum atomic E-state index is 12.7. The van der Waals surface area contributed by atoms with Gasteiger partial charge < -0.3 is 9.80 Å². The summed E-state index contributed by atoms with van der Waals surface area (Å²) in [6.45, 7) is 1.68. The highest BCUT2D eigenvalue weighted by atomic mass is 35.5. The van der Waals surface area contributed by atoms with Crippen LogP contribution in [0, 0.1) is 5.92 Å². The van der Waals surface area contributed by atoms with Crippen LogP contribution in [0.5, 0.6) is 0 Å². The third kappa shape index (κ3) is 4.64. The van der Waals surface area contributed by atoms with Crippen LogP contribution in [0.4, 0.5) is 0 Å². The van der Waals surface area contributed by atoms with Crippen LogP contribution in [0.2, 0.25) is 5.02 Å². The number of carbonyl (C=O) groups is 2. The fourth-order valence-corrected chi connectivity index (χ4v) is 3.57. The summed E-state index contributed by atoms with van der Waals surface area (Å²) in [4.78, 5) is 28.5. The number of halogens is 1. The summed E-state index contributed by atoms with van der Waals surface area (Å²) in [6, 6.07) is 17.5. The standard InChI is InChI=1S/C21H23ClN2O2/c1-23(14-17-6-3-2-4-7-17)21(26)18-13-20(25)24(15-18)11-10-16-8-5-9-19(22)12-16/h2-9,12,18H,10-11,13-15H2,1H3. The molecule has 0 bridgehead atoms. The van der Waals surface area contributed by atoms with Crippen LogP contribution in [0.3, 0.4) is 0 Å². The van der Waals surface area contributed by atoms with Crippen LogP contribution in [0.25, 0.3) is 0 Å². The highest BCUT2D eigenvalue weighted by Gasteiger charge is 2.35. The first-order valence-electron chi connectivity index (χ1n) is 8.84. The van der Waals surface area contributed by atoms with Crippen LogP contribution in [0.1, 0.15) is 17.5 Å². The van der Waals surface area contributed by atoms with Gasteiger partial charge in [0.1, 0.15) is 0 Å². The normalized spacial score (nSPS) is 16.8. The van der Waals surface area contributed by atoms with Gasteiger partial charge in [0.2, 0.25) is 11.8 Å². The van der Waals surface area contributed by atoms with Gasteiger partial charge >= 0.3 is 0 Å². The molecule has 1 atom stereocenters. The Hall–Kier alpha value is -2.33. The third-order valence-corrected chi connectivity index (χ3v) is 5.00. The van der Waals surface area contributed by atoms with Crippen LogP contribution >= 0.6 is 11.6 Å². The van der Waals surface area contributed by atoms with Crippen LogP contribution < -0.4 is 0 Å². The number of hydrogen-bond donors (Lipinski definition) is 0. The average molecular weight is 371 g/mol. The number of hydrogen-bond acceptors (Lipinski definition) is 2. The molecule has 0 N–H and O–H groups in total. The highest BCUT2D eigenvalue weighted by Crippen LogP contribution is 2.21. The minimum atomic E-state index is -0.254. The van der Waals surface area contributed by atoms with E-state index < -0.39 is 0 Å².